The summed E-state index contributed by atoms with van der Waals surface area (Å²) in [6.07, 6.45) is 4.07. The molecule has 3 unspecified atom stereocenters. The van der Waals surface area contributed by atoms with E-state index in [-0.39, 0.29) is 24.1 Å². The molecular weight excluding hydrogens is 372 g/mol. The van der Waals surface area contributed by atoms with Gasteiger partial charge in [-0.15, -0.1) is 0 Å². The topological polar surface area (TPSA) is 59.7 Å². The summed E-state index contributed by atoms with van der Waals surface area (Å²) in [5.41, 5.74) is 3.52. The van der Waals surface area contributed by atoms with Gasteiger partial charge in [0.25, 0.3) is 5.91 Å². The fourth-order valence-electron chi connectivity index (χ4n) is 3.75. The van der Waals surface area contributed by atoms with Crippen LogP contribution in [-0.4, -0.2) is 39.3 Å². The van der Waals surface area contributed by atoms with E-state index in [9.17, 15) is 4.79 Å². The van der Waals surface area contributed by atoms with Gasteiger partial charge in [-0.25, -0.2) is 4.98 Å². The molecule has 6 nitrogen and oxygen atoms in total. The Bertz CT molecular complexity index is 891. The first-order valence-electron chi connectivity index (χ1n) is 8.00. The number of hydrogen-bond donors (Lipinski definition) is 0. The van der Waals surface area contributed by atoms with Gasteiger partial charge < -0.3 is 9.64 Å². The zero-order chi connectivity index (χ0) is 16.4. The van der Waals surface area contributed by atoms with Crippen LogP contribution in [0.3, 0.4) is 0 Å². The number of fused-ring (bicyclic) bond motifs is 5. The minimum Gasteiger partial charge on any atom is -0.472 e. The molecule has 1 aromatic heterocycles. The maximum absolute atomic E-state index is 12.9. The van der Waals surface area contributed by atoms with E-state index in [0.717, 1.165) is 34.5 Å². The average molecular weight is 387 g/mol. The van der Waals surface area contributed by atoms with Gasteiger partial charge in [0.15, 0.2) is 12.5 Å². The zero-order valence-corrected chi connectivity index (χ0v) is 14.6. The van der Waals surface area contributed by atoms with Gasteiger partial charge in [0.2, 0.25) is 0 Å². The lowest BCUT2D eigenvalue weighted by atomic mass is 9.95. The summed E-state index contributed by atoms with van der Waals surface area (Å²) in [6.45, 7) is 2.79. The minimum absolute atomic E-state index is 0.0291. The molecule has 0 saturated carbocycles. The lowest BCUT2D eigenvalue weighted by molar-refractivity contribution is 0.0452. The molecule has 0 aliphatic carbocycles. The third kappa shape index (κ3) is 1.79. The lowest BCUT2D eigenvalue weighted by Gasteiger charge is -2.40. The van der Waals surface area contributed by atoms with Crippen LogP contribution in [-0.2, 0) is 4.74 Å². The normalized spacial score (nSPS) is 27.0. The standard InChI is InChI=1S/C17H15BrN4O2/c1-9-16(24-8-20-9)14-15-13-4-5-21(13)17(23)11-6-10(18)2-3-12(11)22(15)7-19-14/h2-3,6-9,13,16H,4-5H2,1H3. The third-order valence-corrected chi connectivity index (χ3v) is 5.58. The highest BCUT2D eigenvalue weighted by Crippen LogP contribution is 2.44. The Hall–Kier alpha value is -2.15. The Kier molecular flexibility index (Phi) is 2.92. The summed E-state index contributed by atoms with van der Waals surface area (Å²) in [6, 6.07) is 5.89. The van der Waals surface area contributed by atoms with Crippen LogP contribution < -0.4 is 0 Å². The molecule has 1 saturated heterocycles. The highest BCUT2D eigenvalue weighted by molar-refractivity contribution is 9.10. The molecule has 24 heavy (non-hydrogen) atoms. The van der Waals surface area contributed by atoms with E-state index in [2.05, 4.69) is 25.9 Å². The Balaban J connectivity index is 1.73. The number of hydrogen-bond acceptors (Lipinski definition) is 4. The van der Waals surface area contributed by atoms with Crippen molar-refractivity contribution in [1.29, 1.82) is 0 Å². The molecular formula is C17H15BrN4O2. The molecule has 3 aliphatic rings. The largest absolute Gasteiger partial charge is 0.472 e. The number of carbonyl (C=O) groups excluding carboxylic acids is 1. The second-order valence-electron chi connectivity index (χ2n) is 6.40. The van der Waals surface area contributed by atoms with Gasteiger partial charge in [-0.3, -0.25) is 14.4 Å². The van der Waals surface area contributed by atoms with Crippen molar-refractivity contribution < 1.29 is 9.53 Å². The number of carbonyl (C=O) groups is 1. The number of aromatic nitrogens is 2. The number of rotatable bonds is 1. The molecule has 1 fully saturated rings. The number of aliphatic imine (C=N–C) groups is 1. The quantitative estimate of drug-likeness (QED) is 0.756. The number of ether oxygens (including phenoxy) is 1. The molecule has 5 rings (SSSR count). The average Bonchev–Trinajstić information content (AvgIpc) is 3.11. The maximum Gasteiger partial charge on any atom is 0.256 e. The highest BCUT2D eigenvalue weighted by Gasteiger charge is 2.43. The second kappa shape index (κ2) is 4.92. The molecule has 0 radical (unpaired) electrons. The Morgan fingerprint density at radius 2 is 2.25 bits per heavy atom. The van der Waals surface area contributed by atoms with Gasteiger partial charge in [-0.05, 0) is 31.5 Å². The Morgan fingerprint density at radius 1 is 1.38 bits per heavy atom. The van der Waals surface area contributed by atoms with Crippen molar-refractivity contribution in [2.75, 3.05) is 6.54 Å². The van der Waals surface area contributed by atoms with E-state index >= 15 is 0 Å². The summed E-state index contributed by atoms with van der Waals surface area (Å²) in [4.78, 5) is 23.8. The van der Waals surface area contributed by atoms with Crippen LogP contribution in [0, 0.1) is 0 Å². The first-order valence-corrected chi connectivity index (χ1v) is 8.79. The van der Waals surface area contributed by atoms with Gasteiger partial charge in [0.05, 0.1) is 35.4 Å². The summed E-state index contributed by atoms with van der Waals surface area (Å²) in [5.74, 6) is 0.0776. The molecule has 1 amide bonds. The van der Waals surface area contributed by atoms with Crippen LogP contribution in [0.2, 0.25) is 0 Å². The summed E-state index contributed by atoms with van der Waals surface area (Å²) in [5, 5.41) is 0. The zero-order valence-electron chi connectivity index (χ0n) is 13.0. The van der Waals surface area contributed by atoms with E-state index in [1.165, 1.54) is 6.40 Å². The van der Waals surface area contributed by atoms with Gasteiger partial charge in [-0.1, -0.05) is 15.9 Å². The van der Waals surface area contributed by atoms with Gasteiger partial charge >= 0.3 is 0 Å². The van der Waals surface area contributed by atoms with Crippen LogP contribution in [0.1, 0.15) is 47.2 Å². The smallest absolute Gasteiger partial charge is 0.256 e. The number of benzene rings is 1. The molecule has 3 atom stereocenters. The lowest BCUT2D eigenvalue weighted by Crippen LogP contribution is -2.45. The van der Waals surface area contributed by atoms with Crippen molar-refractivity contribution in [3.8, 4) is 5.69 Å². The SMILES string of the molecule is CC1N=COC1c1ncn2c1C1CCN1C(=O)c1cc(Br)ccc1-2. The highest BCUT2D eigenvalue weighted by atomic mass is 79.9. The van der Waals surface area contributed by atoms with Crippen molar-refractivity contribution in [2.45, 2.75) is 31.5 Å². The van der Waals surface area contributed by atoms with Gasteiger partial charge in [0, 0.05) is 11.0 Å². The fourth-order valence-corrected chi connectivity index (χ4v) is 4.12. The molecule has 4 heterocycles. The van der Waals surface area contributed by atoms with Crippen molar-refractivity contribution in [1.82, 2.24) is 14.5 Å². The summed E-state index contributed by atoms with van der Waals surface area (Å²) < 4.78 is 8.63. The predicted octanol–water partition coefficient (Wildman–Crippen LogP) is 3.02. The maximum atomic E-state index is 12.9. The van der Waals surface area contributed by atoms with Crippen LogP contribution in [0.25, 0.3) is 5.69 Å². The van der Waals surface area contributed by atoms with E-state index in [4.69, 9.17) is 4.74 Å². The number of nitrogens with zero attached hydrogens (tertiary/aromatic N) is 4. The van der Waals surface area contributed by atoms with E-state index in [0.29, 0.717) is 5.56 Å². The van der Waals surface area contributed by atoms with E-state index in [1.54, 1.807) is 6.33 Å². The van der Waals surface area contributed by atoms with Crippen molar-refractivity contribution in [2.24, 2.45) is 4.99 Å². The minimum atomic E-state index is -0.184. The first kappa shape index (κ1) is 14.2. The molecule has 0 spiro atoms. The summed E-state index contributed by atoms with van der Waals surface area (Å²) >= 11 is 3.47. The molecule has 122 valence electrons. The monoisotopic (exact) mass is 386 g/mol. The molecule has 1 aromatic carbocycles. The second-order valence-corrected chi connectivity index (χ2v) is 7.32. The van der Waals surface area contributed by atoms with Crippen molar-refractivity contribution in [3.05, 3.63) is 46.0 Å². The van der Waals surface area contributed by atoms with Crippen molar-refractivity contribution in [3.63, 3.8) is 0 Å². The number of halogens is 1. The van der Waals surface area contributed by atoms with Crippen LogP contribution in [0.5, 0.6) is 0 Å². The van der Waals surface area contributed by atoms with E-state index < -0.39 is 0 Å². The third-order valence-electron chi connectivity index (χ3n) is 5.09. The molecule has 0 bridgehead atoms. The predicted molar refractivity (Wildman–Crippen MR) is 91.4 cm³/mol. The van der Waals surface area contributed by atoms with E-state index in [1.807, 2.05) is 34.6 Å². The Labute approximate surface area is 147 Å². The first-order chi connectivity index (χ1) is 11.6. The van der Waals surface area contributed by atoms with Crippen LogP contribution in [0.15, 0.2) is 34.0 Å². The molecule has 3 aliphatic heterocycles. The van der Waals surface area contributed by atoms with Crippen LogP contribution in [0.4, 0.5) is 0 Å². The van der Waals surface area contributed by atoms with Gasteiger partial charge in [-0.2, -0.15) is 0 Å². The summed E-state index contributed by atoms with van der Waals surface area (Å²) in [7, 11) is 0. The molecule has 7 heteroatoms. The number of imidazole rings is 1. The van der Waals surface area contributed by atoms with Gasteiger partial charge in [0.1, 0.15) is 5.69 Å². The van der Waals surface area contributed by atoms with Crippen LogP contribution >= 0.6 is 15.9 Å². The number of amides is 1. The molecule has 0 N–H and O–H groups in total. The van der Waals surface area contributed by atoms with Crippen molar-refractivity contribution >= 4 is 28.2 Å². The fraction of sp³-hybridized carbons (Fsp3) is 0.353. The molecule has 2 aromatic rings. The Morgan fingerprint density at radius 3 is 2.96 bits per heavy atom.